The minimum atomic E-state index is -0.764. The first-order chi connectivity index (χ1) is 17.3. The Bertz CT molecular complexity index is 1450. The van der Waals surface area contributed by atoms with Crippen LogP contribution >= 0.6 is 0 Å². The minimum Gasteiger partial charge on any atom is -0.504 e. The number of nitriles is 1. The van der Waals surface area contributed by atoms with E-state index in [-0.39, 0.29) is 28.5 Å². The van der Waals surface area contributed by atoms with Crippen molar-refractivity contribution >= 4 is 0 Å². The molecule has 0 saturated carbocycles. The van der Waals surface area contributed by atoms with Crippen LogP contribution < -0.4 is 25.5 Å². The molecule has 0 saturated heterocycles. The zero-order valence-corrected chi connectivity index (χ0v) is 20.2. The van der Waals surface area contributed by atoms with E-state index in [0.29, 0.717) is 53.6 Å². The van der Waals surface area contributed by atoms with Crippen molar-refractivity contribution in [2.45, 2.75) is 32.7 Å². The molecule has 1 unspecified atom stereocenters. The molecule has 9 nitrogen and oxygen atoms in total. The first kappa shape index (κ1) is 24.5. The number of phenols is 2. The number of allylic oxidation sites excluding steroid dienone is 1. The lowest BCUT2D eigenvalue weighted by Crippen LogP contribution is -2.33. The third-order valence-corrected chi connectivity index (χ3v) is 6.17. The van der Waals surface area contributed by atoms with Crippen LogP contribution in [0, 0.1) is 18.3 Å². The van der Waals surface area contributed by atoms with Gasteiger partial charge in [-0.25, -0.2) is 0 Å². The second-order valence-corrected chi connectivity index (χ2v) is 8.36. The normalized spacial score (nSPS) is 14.6. The van der Waals surface area contributed by atoms with Crippen molar-refractivity contribution < 1.29 is 24.4 Å². The largest absolute Gasteiger partial charge is 0.504 e. The summed E-state index contributed by atoms with van der Waals surface area (Å²) in [7, 11) is 1.52. The molecule has 1 aliphatic rings. The molecule has 0 bridgehead atoms. The SMILES string of the molecule is CCOc1ccc(C2C(C#N)=C(N)Oc3cc(C)n(CCc4ccc(O)c(O)c4)c(=O)c32)cc1OC. The van der Waals surface area contributed by atoms with Crippen LogP contribution in [0.2, 0.25) is 0 Å². The van der Waals surface area contributed by atoms with Crippen molar-refractivity contribution in [3.8, 4) is 34.8 Å². The molecular weight excluding hydrogens is 462 g/mol. The Balaban J connectivity index is 1.81. The number of aromatic nitrogens is 1. The van der Waals surface area contributed by atoms with Crippen LogP contribution in [0.15, 0.2) is 58.7 Å². The maximum atomic E-state index is 13.8. The quantitative estimate of drug-likeness (QED) is 0.429. The zero-order chi connectivity index (χ0) is 26.0. The van der Waals surface area contributed by atoms with Gasteiger partial charge in [0.25, 0.3) is 5.56 Å². The standard InChI is InChI=1S/C27H27N3O6/c1-4-35-21-8-6-17(13-22(21)34-3)24-18(14-28)26(29)36-23-11-15(2)30(27(33)25(23)24)10-9-16-5-7-19(31)20(32)12-16/h5-8,11-13,24,31-32H,4,9-10,29H2,1-3H3. The van der Waals surface area contributed by atoms with Crippen molar-refractivity contribution in [3.05, 3.63) is 86.7 Å². The predicted molar refractivity (Wildman–Crippen MR) is 132 cm³/mol. The Morgan fingerprint density at radius 1 is 1.14 bits per heavy atom. The number of aryl methyl sites for hydroxylation is 2. The van der Waals surface area contributed by atoms with Crippen molar-refractivity contribution in [1.29, 1.82) is 5.26 Å². The summed E-state index contributed by atoms with van der Waals surface area (Å²) in [6.45, 7) is 4.41. The van der Waals surface area contributed by atoms with Gasteiger partial charge in [0.2, 0.25) is 5.88 Å². The van der Waals surface area contributed by atoms with Gasteiger partial charge in [0.1, 0.15) is 17.4 Å². The third kappa shape index (κ3) is 4.41. The van der Waals surface area contributed by atoms with Crippen molar-refractivity contribution in [1.82, 2.24) is 4.57 Å². The van der Waals surface area contributed by atoms with Gasteiger partial charge in [-0.1, -0.05) is 12.1 Å². The van der Waals surface area contributed by atoms with Gasteiger partial charge in [0.05, 0.1) is 25.2 Å². The van der Waals surface area contributed by atoms with Gasteiger partial charge < -0.3 is 34.7 Å². The van der Waals surface area contributed by atoms with E-state index < -0.39 is 5.92 Å². The fraction of sp³-hybridized carbons (Fsp3) is 0.259. The molecule has 4 N–H and O–H groups in total. The summed E-state index contributed by atoms with van der Waals surface area (Å²) in [6.07, 6.45) is 0.429. The molecule has 0 aliphatic carbocycles. The minimum absolute atomic E-state index is 0.0565. The van der Waals surface area contributed by atoms with Gasteiger partial charge in [0, 0.05) is 18.3 Å². The number of nitrogens with two attached hydrogens (primary N) is 1. The molecule has 0 radical (unpaired) electrons. The number of ether oxygens (including phenoxy) is 3. The summed E-state index contributed by atoms with van der Waals surface area (Å²) in [5.41, 5.74) is 8.25. The molecule has 1 aliphatic heterocycles. The Morgan fingerprint density at radius 3 is 2.58 bits per heavy atom. The molecule has 0 amide bonds. The van der Waals surface area contributed by atoms with E-state index in [1.165, 1.54) is 19.2 Å². The highest BCUT2D eigenvalue weighted by Crippen LogP contribution is 2.42. The van der Waals surface area contributed by atoms with E-state index in [4.69, 9.17) is 19.9 Å². The van der Waals surface area contributed by atoms with Gasteiger partial charge in [-0.05, 0) is 55.7 Å². The number of methoxy groups -OCH3 is 1. The molecule has 4 rings (SSSR count). The summed E-state index contributed by atoms with van der Waals surface area (Å²) in [6, 6.07) is 13.6. The molecule has 2 aromatic carbocycles. The number of rotatable bonds is 7. The number of nitrogens with zero attached hydrogens (tertiary/aromatic N) is 2. The Labute approximate surface area is 208 Å². The number of hydrogen-bond acceptors (Lipinski definition) is 8. The molecular formula is C27H27N3O6. The monoisotopic (exact) mass is 489 g/mol. The Kier molecular flexibility index (Phi) is 6.79. The first-order valence-corrected chi connectivity index (χ1v) is 11.4. The fourth-order valence-corrected chi connectivity index (χ4v) is 4.40. The van der Waals surface area contributed by atoms with E-state index >= 15 is 0 Å². The van der Waals surface area contributed by atoms with Crippen LogP contribution in [-0.4, -0.2) is 28.5 Å². The molecule has 0 spiro atoms. The van der Waals surface area contributed by atoms with Gasteiger partial charge in [-0.3, -0.25) is 4.79 Å². The number of pyridine rings is 1. The van der Waals surface area contributed by atoms with E-state index in [1.807, 2.05) is 6.92 Å². The molecule has 1 aromatic heterocycles. The van der Waals surface area contributed by atoms with E-state index in [2.05, 4.69) is 6.07 Å². The smallest absolute Gasteiger partial charge is 0.258 e. The second-order valence-electron chi connectivity index (χ2n) is 8.36. The van der Waals surface area contributed by atoms with Crippen molar-refractivity contribution in [2.75, 3.05) is 13.7 Å². The van der Waals surface area contributed by atoms with Gasteiger partial charge in [-0.2, -0.15) is 5.26 Å². The molecule has 0 fully saturated rings. The second kappa shape index (κ2) is 9.96. The third-order valence-electron chi connectivity index (χ3n) is 6.17. The number of benzene rings is 2. The van der Waals surface area contributed by atoms with E-state index in [0.717, 1.165) is 5.56 Å². The lowest BCUT2D eigenvalue weighted by molar-refractivity contribution is 0.310. The molecule has 36 heavy (non-hydrogen) atoms. The molecule has 9 heteroatoms. The lowest BCUT2D eigenvalue weighted by Gasteiger charge is -2.27. The van der Waals surface area contributed by atoms with Crippen LogP contribution in [0.25, 0.3) is 0 Å². The van der Waals surface area contributed by atoms with Gasteiger partial charge in [-0.15, -0.1) is 0 Å². The summed E-state index contributed by atoms with van der Waals surface area (Å²) in [5.74, 6) is 0.0618. The summed E-state index contributed by atoms with van der Waals surface area (Å²) < 4.78 is 18.4. The summed E-state index contributed by atoms with van der Waals surface area (Å²) >= 11 is 0. The number of hydrogen-bond donors (Lipinski definition) is 3. The number of fused-ring (bicyclic) bond motifs is 1. The topological polar surface area (TPSA) is 140 Å². The van der Waals surface area contributed by atoms with Gasteiger partial charge in [0.15, 0.2) is 23.0 Å². The van der Waals surface area contributed by atoms with Crippen molar-refractivity contribution in [2.24, 2.45) is 5.73 Å². The first-order valence-electron chi connectivity index (χ1n) is 11.4. The highest BCUT2D eigenvalue weighted by Gasteiger charge is 2.34. The molecule has 1 atom stereocenters. The van der Waals surface area contributed by atoms with E-state index in [1.54, 1.807) is 41.8 Å². The zero-order valence-electron chi connectivity index (χ0n) is 20.2. The van der Waals surface area contributed by atoms with E-state index in [9.17, 15) is 20.3 Å². The van der Waals surface area contributed by atoms with Gasteiger partial charge >= 0.3 is 0 Å². The van der Waals surface area contributed by atoms with Crippen LogP contribution in [-0.2, 0) is 13.0 Å². The van der Waals surface area contributed by atoms with Crippen molar-refractivity contribution in [3.63, 3.8) is 0 Å². The van der Waals surface area contributed by atoms with Crippen LogP contribution in [0.3, 0.4) is 0 Å². The lowest BCUT2D eigenvalue weighted by atomic mass is 9.84. The highest BCUT2D eigenvalue weighted by molar-refractivity contribution is 5.57. The fourth-order valence-electron chi connectivity index (χ4n) is 4.40. The highest BCUT2D eigenvalue weighted by atomic mass is 16.5. The Hall–Kier alpha value is -4.58. The maximum Gasteiger partial charge on any atom is 0.258 e. The summed E-state index contributed by atoms with van der Waals surface area (Å²) in [5, 5.41) is 29.3. The average molecular weight is 490 g/mol. The predicted octanol–water partition coefficient (Wildman–Crippen LogP) is 3.44. The molecule has 186 valence electrons. The van der Waals surface area contributed by atoms with Crippen LogP contribution in [0.1, 0.15) is 35.2 Å². The molecule has 3 aromatic rings. The summed E-state index contributed by atoms with van der Waals surface area (Å²) in [4.78, 5) is 13.8. The number of aromatic hydroxyl groups is 2. The van der Waals surface area contributed by atoms with Crippen LogP contribution in [0.5, 0.6) is 28.7 Å². The Morgan fingerprint density at radius 2 is 1.92 bits per heavy atom. The maximum absolute atomic E-state index is 13.8. The number of phenolic OH excluding ortho intramolecular Hbond substituents is 2. The average Bonchev–Trinajstić information content (AvgIpc) is 2.85. The van der Waals surface area contributed by atoms with Crippen LogP contribution in [0.4, 0.5) is 0 Å². The molecule has 2 heterocycles.